The van der Waals surface area contributed by atoms with Crippen LogP contribution in [0.4, 0.5) is 5.95 Å². The molecule has 0 N–H and O–H groups in total. The Balaban J connectivity index is 1.38. The SMILES string of the molecule is Cc1ccc(-c2sc(C)nc2C(=O)N2CCC3CN(c4nc(C)cc(C)n4)C3C2)cc1. The van der Waals surface area contributed by atoms with Crippen LogP contribution < -0.4 is 4.90 Å². The molecule has 2 unspecified atom stereocenters. The summed E-state index contributed by atoms with van der Waals surface area (Å²) in [7, 11) is 0. The van der Waals surface area contributed by atoms with Crippen molar-refractivity contribution in [3.8, 4) is 10.4 Å². The molecule has 31 heavy (non-hydrogen) atoms. The van der Waals surface area contributed by atoms with E-state index in [1.54, 1.807) is 11.3 Å². The smallest absolute Gasteiger partial charge is 0.274 e. The normalized spacial score (nSPS) is 20.4. The Morgan fingerprint density at radius 3 is 2.42 bits per heavy atom. The summed E-state index contributed by atoms with van der Waals surface area (Å²) >= 11 is 1.59. The van der Waals surface area contributed by atoms with Crippen molar-refractivity contribution < 1.29 is 4.79 Å². The highest BCUT2D eigenvalue weighted by Crippen LogP contribution is 2.37. The lowest BCUT2D eigenvalue weighted by molar-refractivity contribution is 0.0585. The van der Waals surface area contributed by atoms with Gasteiger partial charge in [0.25, 0.3) is 5.91 Å². The van der Waals surface area contributed by atoms with Crippen molar-refractivity contribution in [1.29, 1.82) is 0 Å². The molecule has 0 aliphatic carbocycles. The Morgan fingerprint density at radius 1 is 1.00 bits per heavy atom. The molecule has 1 aromatic carbocycles. The predicted molar refractivity (Wildman–Crippen MR) is 124 cm³/mol. The predicted octanol–water partition coefficient (Wildman–Crippen LogP) is 4.18. The average molecular weight is 434 g/mol. The second-order valence-corrected chi connectivity index (χ2v) is 9.95. The molecule has 7 heteroatoms. The van der Waals surface area contributed by atoms with E-state index in [1.165, 1.54) is 5.56 Å². The number of thiazole rings is 1. The second kappa shape index (κ2) is 7.71. The van der Waals surface area contributed by atoms with Gasteiger partial charge in [-0.2, -0.15) is 0 Å². The summed E-state index contributed by atoms with van der Waals surface area (Å²) in [6.45, 7) is 10.5. The lowest BCUT2D eigenvalue weighted by atomic mass is 9.82. The van der Waals surface area contributed by atoms with E-state index >= 15 is 0 Å². The van der Waals surface area contributed by atoms with Crippen molar-refractivity contribution >= 4 is 23.2 Å². The molecule has 2 aliphatic rings. The zero-order chi connectivity index (χ0) is 21.7. The van der Waals surface area contributed by atoms with Crippen LogP contribution in [0.15, 0.2) is 30.3 Å². The first-order chi connectivity index (χ1) is 14.9. The molecule has 0 radical (unpaired) electrons. The van der Waals surface area contributed by atoms with Gasteiger partial charge in [-0.3, -0.25) is 4.79 Å². The molecule has 0 bridgehead atoms. The number of anilines is 1. The Bertz CT molecular complexity index is 1120. The number of aromatic nitrogens is 3. The van der Waals surface area contributed by atoms with Gasteiger partial charge in [-0.25, -0.2) is 15.0 Å². The third-order valence-electron chi connectivity index (χ3n) is 6.32. The lowest BCUT2D eigenvalue weighted by Gasteiger charge is -2.53. The summed E-state index contributed by atoms with van der Waals surface area (Å²) in [6, 6.07) is 10.6. The third kappa shape index (κ3) is 3.71. The molecule has 4 heterocycles. The fraction of sp³-hybridized carbons (Fsp3) is 0.417. The Hall–Kier alpha value is -2.80. The fourth-order valence-electron chi connectivity index (χ4n) is 4.67. The Kier molecular flexibility index (Phi) is 5.01. The number of fused-ring (bicyclic) bond motifs is 1. The third-order valence-corrected chi connectivity index (χ3v) is 7.34. The van der Waals surface area contributed by atoms with Gasteiger partial charge in [-0.15, -0.1) is 11.3 Å². The molecule has 1 amide bonds. The molecule has 2 aromatic heterocycles. The molecule has 2 fully saturated rings. The molecule has 5 rings (SSSR count). The minimum atomic E-state index is 0.0339. The molecule has 2 aliphatic heterocycles. The molecule has 2 atom stereocenters. The van der Waals surface area contributed by atoms with Crippen molar-refractivity contribution in [3.05, 3.63) is 58.0 Å². The lowest BCUT2D eigenvalue weighted by Crippen LogP contribution is -2.65. The van der Waals surface area contributed by atoms with Crippen LogP contribution in [0.1, 0.15) is 38.9 Å². The minimum Gasteiger partial charge on any atom is -0.335 e. The summed E-state index contributed by atoms with van der Waals surface area (Å²) in [6.07, 6.45) is 1.01. The maximum Gasteiger partial charge on any atom is 0.274 e. The van der Waals surface area contributed by atoms with Crippen molar-refractivity contribution in [1.82, 2.24) is 19.9 Å². The number of hydrogen-bond donors (Lipinski definition) is 0. The van der Waals surface area contributed by atoms with Gasteiger partial charge < -0.3 is 9.80 Å². The maximum atomic E-state index is 13.5. The number of rotatable bonds is 3. The van der Waals surface area contributed by atoms with Crippen LogP contribution in [0.25, 0.3) is 10.4 Å². The van der Waals surface area contributed by atoms with Gasteiger partial charge in [0.2, 0.25) is 5.95 Å². The van der Waals surface area contributed by atoms with Gasteiger partial charge in [-0.1, -0.05) is 29.8 Å². The van der Waals surface area contributed by atoms with Crippen molar-refractivity contribution in [2.24, 2.45) is 5.92 Å². The number of piperidine rings is 1. The van der Waals surface area contributed by atoms with Crippen LogP contribution in [0.3, 0.4) is 0 Å². The molecule has 6 nitrogen and oxygen atoms in total. The summed E-state index contributed by atoms with van der Waals surface area (Å²) in [4.78, 5) is 32.6. The largest absolute Gasteiger partial charge is 0.335 e. The number of hydrogen-bond acceptors (Lipinski definition) is 6. The quantitative estimate of drug-likeness (QED) is 0.620. The Morgan fingerprint density at radius 2 is 1.71 bits per heavy atom. The zero-order valence-corrected chi connectivity index (χ0v) is 19.2. The summed E-state index contributed by atoms with van der Waals surface area (Å²) in [5.41, 5.74) is 4.81. The highest BCUT2D eigenvalue weighted by molar-refractivity contribution is 7.15. The van der Waals surface area contributed by atoms with E-state index in [2.05, 4.69) is 51.0 Å². The molecular formula is C24H27N5OS. The van der Waals surface area contributed by atoms with E-state index in [0.717, 1.165) is 52.3 Å². The first kappa shape index (κ1) is 20.1. The molecule has 2 saturated heterocycles. The van der Waals surface area contributed by atoms with Crippen LogP contribution in [0, 0.1) is 33.6 Å². The highest BCUT2D eigenvalue weighted by atomic mass is 32.1. The standard InChI is InChI=1S/C24H27N5OS/c1-14-5-7-18(8-6-14)22-21(27-17(4)31-22)23(30)28-10-9-19-12-29(20(19)13-28)24-25-15(2)11-16(3)26-24/h5-8,11,19-20H,9-10,12-13H2,1-4H3. The minimum absolute atomic E-state index is 0.0339. The van der Waals surface area contributed by atoms with E-state index in [1.807, 2.05) is 31.7 Å². The van der Waals surface area contributed by atoms with Gasteiger partial charge in [0, 0.05) is 36.9 Å². The number of carbonyl (C=O) groups excluding carboxylic acids is 1. The first-order valence-electron chi connectivity index (χ1n) is 10.8. The van der Waals surface area contributed by atoms with E-state index < -0.39 is 0 Å². The number of likely N-dealkylation sites (tertiary alicyclic amines) is 1. The molecule has 0 spiro atoms. The van der Waals surface area contributed by atoms with Crippen LogP contribution in [0.5, 0.6) is 0 Å². The first-order valence-corrected chi connectivity index (χ1v) is 11.6. The fourth-order valence-corrected chi connectivity index (χ4v) is 5.58. The highest BCUT2D eigenvalue weighted by Gasteiger charge is 2.45. The number of benzene rings is 1. The van der Waals surface area contributed by atoms with E-state index in [0.29, 0.717) is 18.2 Å². The van der Waals surface area contributed by atoms with Crippen molar-refractivity contribution in [3.63, 3.8) is 0 Å². The summed E-state index contributed by atoms with van der Waals surface area (Å²) in [5.74, 6) is 1.42. The number of nitrogens with zero attached hydrogens (tertiary/aromatic N) is 5. The summed E-state index contributed by atoms with van der Waals surface area (Å²) in [5, 5.41) is 0.919. The molecule has 0 saturated carbocycles. The molecule has 160 valence electrons. The van der Waals surface area contributed by atoms with E-state index in [4.69, 9.17) is 0 Å². The second-order valence-electron chi connectivity index (χ2n) is 8.75. The number of amides is 1. The van der Waals surface area contributed by atoms with Gasteiger partial charge in [0.15, 0.2) is 0 Å². The summed E-state index contributed by atoms with van der Waals surface area (Å²) < 4.78 is 0. The van der Waals surface area contributed by atoms with Gasteiger partial charge >= 0.3 is 0 Å². The number of carbonyl (C=O) groups is 1. The number of aryl methyl sites for hydroxylation is 4. The van der Waals surface area contributed by atoms with Crippen LogP contribution in [-0.2, 0) is 0 Å². The average Bonchev–Trinajstić information content (AvgIpc) is 3.10. The topological polar surface area (TPSA) is 62.2 Å². The van der Waals surface area contributed by atoms with E-state index in [-0.39, 0.29) is 11.9 Å². The van der Waals surface area contributed by atoms with Crippen LogP contribution in [0.2, 0.25) is 0 Å². The van der Waals surface area contributed by atoms with Crippen LogP contribution in [-0.4, -0.2) is 51.4 Å². The maximum absolute atomic E-state index is 13.5. The zero-order valence-electron chi connectivity index (χ0n) is 18.4. The van der Waals surface area contributed by atoms with Crippen LogP contribution >= 0.6 is 11.3 Å². The van der Waals surface area contributed by atoms with Crippen molar-refractivity contribution in [2.45, 2.75) is 40.2 Å². The monoisotopic (exact) mass is 433 g/mol. The van der Waals surface area contributed by atoms with Gasteiger partial charge in [0.05, 0.1) is 15.9 Å². The molecular weight excluding hydrogens is 406 g/mol. The van der Waals surface area contributed by atoms with Gasteiger partial charge in [-0.05, 0) is 45.7 Å². The van der Waals surface area contributed by atoms with Gasteiger partial charge in [0.1, 0.15) is 5.69 Å². The van der Waals surface area contributed by atoms with Crippen molar-refractivity contribution in [2.75, 3.05) is 24.5 Å². The Labute approximate surface area is 187 Å². The van der Waals surface area contributed by atoms with E-state index in [9.17, 15) is 4.79 Å². The molecule has 3 aromatic rings.